The van der Waals surface area contributed by atoms with Crippen LogP contribution in [-0.2, 0) is 4.79 Å². The quantitative estimate of drug-likeness (QED) is 0.713. The minimum absolute atomic E-state index is 0.660. The van der Waals surface area contributed by atoms with Gasteiger partial charge in [0.05, 0.1) is 15.7 Å². The van der Waals surface area contributed by atoms with Crippen LogP contribution < -0.4 is 5.32 Å². The molecule has 0 atom stereocenters. The molecule has 4 heteroatoms. The number of carbonyl (C=O) groups is 1. The van der Waals surface area contributed by atoms with E-state index in [0.29, 0.717) is 6.41 Å². The zero-order valence-electron chi connectivity index (χ0n) is 6.15. The minimum atomic E-state index is 0.660. The lowest BCUT2D eigenvalue weighted by Gasteiger charge is -1.95. The number of fused-ring (bicyclic) bond motifs is 1. The van der Waals surface area contributed by atoms with Crippen LogP contribution in [-0.4, -0.2) is 11.4 Å². The molecule has 0 radical (unpaired) electrons. The summed E-state index contributed by atoms with van der Waals surface area (Å²) >= 11 is 1.59. The fraction of sp³-hybridized carbons (Fsp3) is 0. The number of nitrogens with one attached hydrogen (secondary N) is 1. The molecule has 3 nitrogen and oxygen atoms in total. The van der Waals surface area contributed by atoms with E-state index in [2.05, 4.69) is 10.3 Å². The van der Waals surface area contributed by atoms with E-state index in [1.165, 1.54) is 0 Å². The smallest absolute Gasteiger partial charge is 0.211 e. The molecule has 1 N–H and O–H groups in total. The standard InChI is InChI=1S/C8H6N2OS/c11-4-9-6-1-2-8-7(3-6)10-5-12-8/h1-5H,(H,9,11). The van der Waals surface area contributed by atoms with E-state index in [1.54, 1.807) is 16.8 Å². The molecule has 0 spiro atoms. The maximum Gasteiger partial charge on any atom is 0.211 e. The van der Waals surface area contributed by atoms with Crippen LogP contribution in [0.5, 0.6) is 0 Å². The summed E-state index contributed by atoms with van der Waals surface area (Å²) in [5.41, 5.74) is 3.49. The highest BCUT2D eigenvalue weighted by Gasteiger charge is 1.96. The average Bonchev–Trinajstić information content (AvgIpc) is 2.51. The Morgan fingerprint density at radius 1 is 1.50 bits per heavy atom. The van der Waals surface area contributed by atoms with Crippen molar-refractivity contribution < 1.29 is 4.79 Å². The van der Waals surface area contributed by atoms with Crippen LogP contribution >= 0.6 is 11.3 Å². The Morgan fingerprint density at radius 3 is 3.25 bits per heavy atom. The molecule has 0 bridgehead atoms. The van der Waals surface area contributed by atoms with Gasteiger partial charge < -0.3 is 5.32 Å². The fourth-order valence-corrected chi connectivity index (χ4v) is 1.67. The van der Waals surface area contributed by atoms with Crippen LogP contribution in [0.15, 0.2) is 23.7 Å². The van der Waals surface area contributed by atoms with Crippen LogP contribution in [0.4, 0.5) is 5.69 Å². The van der Waals surface area contributed by atoms with Crippen molar-refractivity contribution in [1.82, 2.24) is 4.98 Å². The molecule has 2 rings (SSSR count). The van der Waals surface area contributed by atoms with Gasteiger partial charge in [-0.25, -0.2) is 4.98 Å². The number of hydrogen-bond acceptors (Lipinski definition) is 3. The van der Waals surface area contributed by atoms with Gasteiger partial charge in [0.25, 0.3) is 0 Å². The SMILES string of the molecule is O=CNc1ccc2scnc2c1. The Morgan fingerprint density at radius 2 is 2.42 bits per heavy atom. The number of anilines is 1. The van der Waals surface area contributed by atoms with E-state index in [1.807, 2.05) is 18.2 Å². The van der Waals surface area contributed by atoms with Crippen molar-refractivity contribution in [3.8, 4) is 0 Å². The lowest BCUT2D eigenvalue weighted by atomic mass is 10.3. The molecular formula is C8H6N2OS. The molecule has 0 fully saturated rings. The van der Waals surface area contributed by atoms with E-state index < -0.39 is 0 Å². The molecule has 1 aromatic heterocycles. The molecule has 0 aliphatic rings. The molecule has 60 valence electrons. The molecular weight excluding hydrogens is 172 g/mol. The molecule has 1 heterocycles. The second kappa shape index (κ2) is 2.91. The predicted octanol–water partition coefficient (Wildman–Crippen LogP) is 1.86. The summed E-state index contributed by atoms with van der Waals surface area (Å²) in [6.07, 6.45) is 0.660. The summed E-state index contributed by atoms with van der Waals surface area (Å²) in [7, 11) is 0. The Hall–Kier alpha value is -1.42. The normalized spacial score (nSPS) is 10.0. The van der Waals surface area contributed by atoms with E-state index >= 15 is 0 Å². The van der Waals surface area contributed by atoms with Crippen LogP contribution in [0, 0.1) is 0 Å². The Bertz CT molecular complexity index is 410. The summed E-state index contributed by atoms with van der Waals surface area (Å²) < 4.78 is 1.13. The van der Waals surface area contributed by atoms with Gasteiger partial charge in [0, 0.05) is 5.69 Å². The van der Waals surface area contributed by atoms with Crippen molar-refractivity contribution in [3.63, 3.8) is 0 Å². The number of nitrogens with zero attached hydrogens (tertiary/aromatic N) is 1. The van der Waals surface area contributed by atoms with E-state index in [9.17, 15) is 4.79 Å². The van der Waals surface area contributed by atoms with Crippen molar-refractivity contribution in [1.29, 1.82) is 0 Å². The first-order valence-corrected chi connectivity index (χ1v) is 4.31. The maximum absolute atomic E-state index is 10.1. The van der Waals surface area contributed by atoms with Crippen LogP contribution in [0.2, 0.25) is 0 Å². The molecule has 0 aliphatic carbocycles. The third-order valence-electron chi connectivity index (χ3n) is 1.56. The molecule has 0 saturated heterocycles. The lowest BCUT2D eigenvalue weighted by Crippen LogP contribution is -1.92. The molecule has 0 saturated carbocycles. The van der Waals surface area contributed by atoms with E-state index in [4.69, 9.17) is 0 Å². The number of rotatable bonds is 2. The molecule has 2 aromatic rings. The monoisotopic (exact) mass is 178 g/mol. The Kier molecular flexibility index (Phi) is 1.75. The van der Waals surface area contributed by atoms with Crippen LogP contribution in [0.25, 0.3) is 10.2 Å². The van der Waals surface area contributed by atoms with Crippen molar-refractivity contribution >= 4 is 33.7 Å². The fourth-order valence-electron chi connectivity index (χ4n) is 1.02. The Balaban J connectivity index is 2.52. The van der Waals surface area contributed by atoms with Crippen molar-refractivity contribution in [2.24, 2.45) is 0 Å². The molecule has 0 unspecified atom stereocenters. The highest BCUT2D eigenvalue weighted by atomic mass is 32.1. The topological polar surface area (TPSA) is 42.0 Å². The number of hydrogen-bond donors (Lipinski definition) is 1. The molecule has 0 aliphatic heterocycles. The van der Waals surface area contributed by atoms with Crippen molar-refractivity contribution in [3.05, 3.63) is 23.7 Å². The lowest BCUT2D eigenvalue weighted by molar-refractivity contribution is -0.105. The van der Waals surface area contributed by atoms with Gasteiger partial charge in [-0.05, 0) is 18.2 Å². The summed E-state index contributed by atoms with van der Waals surface area (Å²) in [6.45, 7) is 0. The van der Waals surface area contributed by atoms with Gasteiger partial charge >= 0.3 is 0 Å². The first-order chi connectivity index (χ1) is 5.90. The second-order valence-corrected chi connectivity index (χ2v) is 3.18. The Labute approximate surface area is 73.0 Å². The number of carbonyl (C=O) groups excluding carboxylic acids is 1. The number of benzene rings is 1. The van der Waals surface area contributed by atoms with Gasteiger partial charge in [-0.3, -0.25) is 4.79 Å². The highest BCUT2D eigenvalue weighted by Crippen LogP contribution is 2.20. The van der Waals surface area contributed by atoms with Gasteiger partial charge in [0.1, 0.15) is 0 Å². The second-order valence-electron chi connectivity index (χ2n) is 2.30. The molecule has 12 heavy (non-hydrogen) atoms. The number of aromatic nitrogens is 1. The van der Waals surface area contributed by atoms with E-state index in [-0.39, 0.29) is 0 Å². The third-order valence-corrected chi connectivity index (χ3v) is 2.37. The summed E-state index contributed by atoms with van der Waals surface area (Å²) in [6, 6.07) is 5.65. The first kappa shape index (κ1) is 7.24. The maximum atomic E-state index is 10.1. The molecule has 1 aromatic carbocycles. The third kappa shape index (κ3) is 1.16. The number of amides is 1. The predicted molar refractivity (Wildman–Crippen MR) is 49.3 cm³/mol. The van der Waals surface area contributed by atoms with Crippen LogP contribution in [0.3, 0.4) is 0 Å². The summed E-state index contributed by atoms with van der Waals surface area (Å²) in [4.78, 5) is 14.2. The van der Waals surface area contributed by atoms with Crippen molar-refractivity contribution in [2.75, 3.05) is 5.32 Å². The van der Waals surface area contributed by atoms with E-state index in [0.717, 1.165) is 15.9 Å². The zero-order chi connectivity index (χ0) is 8.39. The number of thiazole rings is 1. The van der Waals surface area contributed by atoms with Gasteiger partial charge in [-0.2, -0.15) is 0 Å². The average molecular weight is 178 g/mol. The van der Waals surface area contributed by atoms with Gasteiger partial charge in [-0.15, -0.1) is 11.3 Å². The largest absolute Gasteiger partial charge is 0.329 e. The highest BCUT2D eigenvalue weighted by molar-refractivity contribution is 7.16. The zero-order valence-corrected chi connectivity index (χ0v) is 6.97. The summed E-state index contributed by atoms with van der Waals surface area (Å²) in [5, 5.41) is 2.57. The van der Waals surface area contributed by atoms with Gasteiger partial charge in [0.2, 0.25) is 6.41 Å². The minimum Gasteiger partial charge on any atom is -0.329 e. The summed E-state index contributed by atoms with van der Waals surface area (Å²) in [5.74, 6) is 0. The molecule has 1 amide bonds. The van der Waals surface area contributed by atoms with Gasteiger partial charge in [-0.1, -0.05) is 0 Å². The van der Waals surface area contributed by atoms with Gasteiger partial charge in [0.15, 0.2) is 0 Å². The van der Waals surface area contributed by atoms with Crippen molar-refractivity contribution in [2.45, 2.75) is 0 Å². The van der Waals surface area contributed by atoms with Crippen LogP contribution in [0.1, 0.15) is 0 Å². The first-order valence-electron chi connectivity index (χ1n) is 3.43.